The van der Waals surface area contributed by atoms with Gasteiger partial charge in [0.15, 0.2) is 0 Å². The van der Waals surface area contributed by atoms with E-state index in [0.29, 0.717) is 0 Å². The Balaban J connectivity index is 2.25. The number of rotatable bonds is 2. The molecule has 0 unspecified atom stereocenters. The maximum atomic E-state index is 5.70. The molecule has 0 bridgehead atoms. The SMILES string of the molecule is Cc1cc(Sc2ccoc2C)ncc1N. The normalized spacial score (nSPS) is 10.5. The number of hydrogen-bond donors (Lipinski definition) is 1. The molecular formula is C11H12N2OS. The van der Waals surface area contributed by atoms with Crippen molar-refractivity contribution < 1.29 is 4.42 Å². The summed E-state index contributed by atoms with van der Waals surface area (Å²) in [7, 11) is 0. The van der Waals surface area contributed by atoms with E-state index in [-0.39, 0.29) is 0 Å². The molecule has 0 amide bonds. The van der Waals surface area contributed by atoms with Crippen LogP contribution in [0.1, 0.15) is 11.3 Å². The molecule has 0 radical (unpaired) electrons. The summed E-state index contributed by atoms with van der Waals surface area (Å²) in [6, 6.07) is 3.92. The van der Waals surface area contributed by atoms with Crippen molar-refractivity contribution in [1.29, 1.82) is 0 Å². The molecule has 2 rings (SSSR count). The van der Waals surface area contributed by atoms with Gasteiger partial charge in [-0.05, 0) is 31.5 Å². The number of aromatic nitrogens is 1. The van der Waals surface area contributed by atoms with Gasteiger partial charge in [0.25, 0.3) is 0 Å². The number of nitrogen functional groups attached to an aromatic ring is 1. The van der Waals surface area contributed by atoms with E-state index in [4.69, 9.17) is 10.2 Å². The number of pyridine rings is 1. The van der Waals surface area contributed by atoms with E-state index in [0.717, 1.165) is 26.9 Å². The molecule has 3 nitrogen and oxygen atoms in total. The van der Waals surface area contributed by atoms with Gasteiger partial charge in [0.05, 0.1) is 23.0 Å². The van der Waals surface area contributed by atoms with Crippen molar-refractivity contribution in [2.45, 2.75) is 23.8 Å². The molecule has 0 aliphatic rings. The van der Waals surface area contributed by atoms with Crippen LogP contribution in [-0.4, -0.2) is 4.98 Å². The first-order chi connectivity index (χ1) is 7.16. The predicted octanol–water partition coefficient (Wildman–Crippen LogP) is 3.02. The summed E-state index contributed by atoms with van der Waals surface area (Å²) in [5.41, 5.74) is 7.48. The maximum absolute atomic E-state index is 5.70. The molecule has 0 spiro atoms. The molecule has 2 aromatic heterocycles. The first-order valence-electron chi connectivity index (χ1n) is 4.61. The molecule has 0 aliphatic carbocycles. The van der Waals surface area contributed by atoms with E-state index in [2.05, 4.69) is 4.98 Å². The molecule has 0 saturated heterocycles. The zero-order chi connectivity index (χ0) is 10.8. The van der Waals surface area contributed by atoms with Crippen LogP contribution in [0.3, 0.4) is 0 Å². The molecule has 4 heteroatoms. The summed E-state index contributed by atoms with van der Waals surface area (Å²) in [6.07, 6.45) is 3.37. The molecule has 2 heterocycles. The van der Waals surface area contributed by atoms with Gasteiger partial charge in [0.1, 0.15) is 10.8 Å². The lowest BCUT2D eigenvalue weighted by Crippen LogP contribution is -1.91. The number of aryl methyl sites for hydroxylation is 2. The van der Waals surface area contributed by atoms with Gasteiger partial charge < -0.3 is 10.2 Å². The van der Waals surface area contributed by atoms with Gasteiger partial charge in [0.2, 0.25) is 0 Å². The van der Waals surface area contributed by atoms with Gasteiger partial charge >= 0.3 is 0 Å². The fourth-order valence-corrected chi connectivity index (χ4v) is 2.07. The first-order valence-corrected chi connectivity index (χ1v) is 5.42. The zero-order valence-electron chi connectivity index (χ0n) is 8.65. The van der Waals surface area contributed by atoms with Gasteiger partial charge in [-0.1, -0.05) is 11.8 Å². The van der Waals surface area contributed by atoms with E-state index in [1.807, 2.05) is 26.0 Å². The zero-order valence-corrected chi connectivity index (χ0v) is 9.47. The monoisotopic (exact) mass is 220 g/mol. The maximum Gasteiger partial charge on any atom is 0.114 e. The third kappa shape index (κ3) is 2.15. The van der Waals surface area contributed by atoms with E-state index in [1.54, 1.807) is 24.2 Å². The topological polar surface area (TPSA) is 52.0 Å². The predicted molar refractivity (Wildman–Crippen MR) is 61.0 cm³/mol. The Kier molecular flexibility index (Phi) is 2.68. The number of anilines is 1. The van der Waals surface area contributed by atoms with E-state index < -0.39 is 0 Å². The molecule has 0 aliphatic heterocycles. The lowest BCUT2D eigenvalue weighted by molar-refractivity contribution is 0.527. The summed E-state index contributed by atoms with van der Waals surface area (Å²) in [5.74, 6) is 0.913. The Hall–Kier alpha value is -1.42. The summed E-state index contributed by atoms with van der Waals surface area (Å²) < 4.78 is 5.22. The minimum atomic E-state index is 0.725. The van der Waals surface area contributed by atoms with Crippen LogP contribution in [0, 0.1) is 13.8 Å². The summed E-state index contributed by atoms with van der Waals surface area (Å²) in [5, 5.41) is 0.936. The lowest BCUT2D eigenvalue weighted by atomic mass is 10.3. The highest BCUT2D eigenvalue weighted by Crippen LogP contribution is 2.30. The van der Waals surface area contributed by atoms with E-state index in [9.17, 15) is 0 Å². The molecular weight excluding hydrogens is 208 g/mol. The Bertz CT molecular complexity index is 479. The number of nitrogens with two attached hydrogens (primary N) is 1. The Labute approximate surface area is 92.7 Å². The average Bonchev–Trinajstić information content (AvgIpc) is 2.59. The highest BCUT2D eigenvalue weighted by Gasteiger charge is 2.05. The lowest BCUT2D eigenvalue weighted by Gasteiger charge is -2.02. The summed E-state index contributed by atoms with van der Waals surface area (Å²) in [6.45, 7) is 3.91. The molecule has 2 N–H and O–H groups in total. The largest absolute Gasteiger partial charge is 0.468 e. The standard InChI is InChI=1S/C11H12N2OS/c1-7-5-11(13-6-9(7)12)15-10-3-4-14-8(10)2/h3-6H,12H2,1-2H3. The quantitative estimate of drug-likeness (QED) is 0.845. The van der Waals surface area contributed by atoms with Crippen molar-refractivity contribution in [3.05, 3.63) is 35.9 Å². The van der Waals surface area contributed by atoms with Crippen LogP contribution < -0.4 is 5.73 Å². The van der Waals surface area contributed by atoms with Crippen LogP contribution in [0.4, 0.5) is 5.69 Å². The Morgan fingerprint density at radius 3 is 2.80 bits per heavy atom. The van der Waals surface area contributed by atoms with E-state index in [1.165, 1.54) is 0 Å². The summed E-state index contributed by atoms with van der Waals surface area (Å²) >= 11 is 1.58. The fraction of sp³-hybridized carbons (Fsp3) is 0.182. The number of furan rings is 1. The van der Waals surface area contributed by atoms with Gasteiger partial charge in [0, 0.05) is 0 Å². The van der Waals surface area contributed by atoms with Crippen molar-refractivity contribution in [3.8, 4) is 0 Å². The smallest absolute Gasteiger partial charge is 0.114 e. The Morgan fingerprint density at radius 2 is 2.20 bits per heavy atom. The molecule has 15 heavy (non-hydrogen) atoms. The van der Waals surface area contributed by atoms with Crippen LogP contribution in [-0.2, 0) is 0 Å². The minimum Gasteiger partial charge on any atom is -0.468 e. The van der Waals surface area contributed by atoms with Gasteiger partial charge in [-0.2, -0.15) is 0 Å². The van der Waals surface area contributed by atoms with Crippen LogP contribution in [0.2, 0.25) is 0 Å². The Morgan fingerprint density at radius 1 is 1.40 bits per heavy atom. The van der Waals surface area contributed by atoms with Crippen molar-refractivity contribution in [2.24, 2.45) is 0 Å². The average molecular weight is 220 g/mol. The molecule has 2 aromatic rings. The first kappa shape index (κ1) is 10.1. The molecule has 0 aromatic carbocycles. The highest BCUT2D eigenvalue weighted by atomic mass is 32.2. The second-order valence-corrected chi connectivity index (χ2v) is 4.38. The van der Waals surface area contributed by atoms with Crippen LogP contribution in [0.15, 0.2) is 38.9 Å². The molecule has 78 valence electrons. The van der Waals surface area contributed by atoms with Crippen molar-refractivity contribution in [2.75, 3.05) is 5.73 Å². The fourth-order valence-electron chi connectivity index (χ4n) is 1.19. The third-order valence-electron chi connectivity index (χ3n) is 2.15. The van der Waals surface area contributed by atoms with Crippen molar-refractivity contribution in [1.82, 2.24) is 4.98 Å². The second-order valence-electron chi connectivity index (χ2n) is 3.32. The third-order valence-corrected chi connectivity index (χ3v) is 3.23. The summed E-state index contributed by atoms with van der Waals surface area (Å²) in [4.78, 5) is 5.34. The van der Waals surface area contributed by atoms with Crippen molar-refractivity contribution >= 4 is 17.4 Å². The molecule has 0 fully saturated rings. The second kappa shape index (κ2) is 3.98. The van der Waals surface area contributed by atoms with E-state index >= 15 is 0 Å². The van der Waals surface area contributed by atoms with Crippen LogP contribution in [0.5, 0.6) is 0 Å². The van der Waals surface area contributed by atoms with Gasteiger partial charge in [-0.15, -0.1) is 0 Å². The number of hydrogen-bond acceptors (Lipinski definition) is 4. The number of nitrogens with zero attached hydrogens (tertiary/aromatic N) is 1. The van der Waals surface area contributed by atoms with Crippen LogP contribution >= 0.6 is 11.8 Å². The van der Waals surface area contributed by atoms with Crippen LogP contribution in [0.25, 0.3) is 0 Å². The molecule has 0 atom stereocenters. The van der Waals surface area contributed by atoms with Gasteiger partial charge in [-0.3, -0.25) is 0 Å². The molecule has 0 saturated carbocycles. The minimum absolute atomic E-state index is 0.725. The van der Waals surface area contributed by atoms with Crippen molar-refractivity contribution in [3.63, 3.8) is 0 Å². The highest BCUT2D eigenvalue weighted by molar-refractivity contribution is 7.99. The van der Waals surface area contributed by atoms with Gasteiger partial charge in [-0.25, -0.2) is 4.98 Å².